The summed E-state index contributed by atoms with van der Waals surface area (Å²) in [4.78, 5) is 29.6. The van der Waals surface area contributed by atoms with E-state index < -0.39 is 0 Å². The van der Waals surface area contributed by atoms with Gasteiger partial charge in [-0.3, -0.25) is 19.4 Å². The monoisotopic (exact) mass is 522 g/mol. The Bertz CT molecular complexity index is 1130. The third kappa shape index (κ3) is 7.77. The molecule has 2 heterocycles. The Kier molecular flexibility index (Phi) is 10.5. The summed E-state index contributed by atoms with van der Waals surface area (Å²) in [5.74, 6) is -0.382. The average Bonchev–Trinajstić information content (AvgIpc) is 3.34. The molecular formula is C33H50N2O3. The number of benzene rings is 2. The standard InChI is InChI=1S/C31H42N2O3.2CH4/c1-22(20-31(5,6)21-30(2,3)4)17-26-19-27(34)33(28(26)35)14-13-32-15-16-36-29(32)25-12-11-23-9-7-8-10-24(23)18-25;;/h7-12,18,26,29H,1,13-17,19-21H2,2-6H3;2*1H4. The average molecular weight is 523 g/mol. The van der Waals surface area contributed by atoms with Crippen LogP contribution in [0.3, 0.4) is 0 Å². The van der Waals surface area contributed by atoms with Crippen molar-refractivity contribution in [3.8, 4) is 0 Å². The summed E-state index contributed by atoms with van der Waals surface area (Å²) in [5, 5.41) is 2.39. The second-order valence-electron chi connectivity index (χ2n) is 12.7. The van der Waals surface area contributed by atoms with Gasteiger partial charge < -0.3 is 4.74 Å². The first kappa shape index (κ1) is 31.7. The van der Waals surface area contributed by atoms with Gasteiger partial charge in [0, 0.05) is 26.1 Å². The quantitative estimate of drug-likeness (QED) is 0.251. The molecule has 2 unspecified atom stereocenters. The summed E-state index contributed by atoms with van der Waals surface area (Å²) in [6.07, 6.45) is 2.70. The molecule has 2 aliphatic heterocycles. The van der Waals surface area contributed by atoms with Gasteiger partial charge in [-0.1, -0.05) is 98.0 Å². The second kappa shape index (κ2) is 12.6. The summed E-state index contributed by atoms with van der Waals surface area (Å²) in [7, 11) is 0. The molecule has 0 aromatic heterocycles. The zero-order chi connectivity index (χ0) is 26.1. The Balaban J connectivity index is 0.00000253. The molecule has 2 saturated heterocycles. The number of imide groups is 1. The van der Waals surface area contributed by atoms with Crippen molar-refractivity contribution in [2.24, 2.45) is 16.7 Å². The lowest BCUT2D eigenvalue weighted by Crippen LogP contribution is -2.38. The molecule has 2 aromatic carbocycles. The molecular weight excluding hydrogens is 472 g/mol. The van der Waals surface area contributed by atoms with Crippen molar-refractivity contribution in [3.05, 3.63) is 60.2 Å². The lowest BCUT2D eigenvalue weighted by atomic mass is 9.72. The number of fused-ring (bicyclic) bond motifs is 1. The highest BCUT2D eigenvalue weighted by Gasteiger charge is 2.39. The number of rotatable bonds is 9. The van der Waals surface area contributed by atoms with Crippen LogP contribution in [0.15, 0.2) is 54.6 Å². The number of amides is 2. The summed E-state index contributed by atoms with van der Waals surface area (Å²) >= 11 is 0. The molecule has 0 radical (unpaired) electrons. The highest BCUT2D eigenvalue weighted by molar-refractivity contribution is 6.03. The van der Waals surface area contributed by atoms with Crippen molar-refractivity contribution in [1.29, 1.82) is 0 Å². The molecule has 2 atom stereocenters. The largest absolute Gasteiger partial charge is 0.358 e. The van der Waals surface area contributed by atoms with E-state index >= 15 is 0 Å². The molecule has 5 nitrogen and oxygen atoms in total. The maximum absolute atomic E-state index is 13.2. The first-order chi connectivity index (χ1) is 16.9. The summed E-state index contributed by atoms with van der Waals surface area (Å²) in [5.41, 5.74) is 2.54. The molecule has 0 spiro atoms. The van der Waals surface area contributed by atoms with Gasteiger partial charge in [-0.25, -0.2) is 0 Å². The molecule has 210 valence electrons. The van der Waals surface area contributed by atoms with Gasteiger partial charge in [-0.2, -0.15) is 0 Å². The highest BCUT2D eigenvalue weighted by Crippen LogP contribution is 2.39. The van der Waals surface area contributed by atoms with Gasteiger partial charge >= 0.3 is 0 Å². The fourth-order valence-corrected chi connectivity index (χ4v) is 6.37. The number of allylic oxidation sites excluding steroid dienone is 1. The van der Waals surface area contributed by atoms with Crippen LogP contribution in [0.5, 0.6) is 0 Å². The van der Waals surface area contributed by atoms with Crippen molar-refractivity contribution < 1.29 is 14.3 Å². The minimum Gasteiger partial charge on any atom is -0.358 e. The van der Waals surface area contributed by atoms with Crippen LogP contribution in [0.4, 0.5) is 0 Å². The van der Waals surface area contributed by atoms with Crippen LogP contribution in [0.25, 0.3) is 10.8 Å². The molecule has 2 aromatic rings. The van der Waals surface area contributed by atoms with Crippen LogP contribution >= 0.6 is 0 Å². The minimum atomic E-state index is -0.276. The SMILES string of the molecule is C.C.C=C(CC1CC(=O)N(CCN2CCOC2c2ccc3ccccc3c2)C1=O)CC(C)(C)CC(C)(C)C. The van der Waals surface area contributed by atoms with Crippen molar-refractivity contribution >= 4 is 22.6 Å². The van der Waals surface area contributed by atoms with Crippen LogP contribution in [0, 0.1) is 16.7 Å². The van der Waals surface area contributed by atoms with E-state index in [4.69, 9.17) is 4.74 Å². The van der Waals surface area contributed by atoms with E-state index in [1.54, 1.807) is 0 Å². The molecule has 5 heteroatoms. The number of hydrogen-bond acceptors (Lipinski definition) is 4. The van der Waals surface area contributed by atoms with E-state index in [-0.39, 0.29) is 49.6 Å². The van der Waals surface area contributed by atoms with Crippen LogP contribution < -0.4 is 0 Å². The van der Waals surface area contributed by atoms with Crippen LogP contribution in [0.2, 0.25) is 0 Å². The maximum Gasteiger partial charge on any atom is 0.233 e. The second-order valence-corrected chi connectivity index (χ2v) is 12.7. The van der Waals surface area contributed by atoms with Gasteiger partial charge in [0.15, 0.2) is 0 Å². The van der Waals surface area contributed by atoms with Gasteiger partial charge in [0.05, 0.1) is 12.5 Å². The van der Waals surface area contributed by atoms with Crippen molar-refractivity contribution in [3.63, 3.8) is 0 Å². The number of hydrogen-bond donors (Lipinski definition) is 0. The van der Waals surface area contributed by atoms with Gasteiger partial charge in [-0.05, 0) is 52.5 Å². The summed E-state index contributed by atoms with van der Waals surface area (Å²) in [6, 6.07) is 14.7. The normalized spacial score (nSPS) is 20.5. The number of carbonyl (C=O) groups excluding carboxylic acids is 2. The highest BCUT2D eigenvalue weighted by atomic mass is 16.5. The van der Waals surface area contributed by atoms with E-state index in [9.17, 15) is 9.59 Å². The first-order valence-corrected chi connectivity index (χ1v) is 13.3. The number of likely N-dealkylation sites (tertiary alicyclic amines) is 1. The number of carbonyl (C=O) groups is 2. The molecule has 2 aliphatic rings. The number of ether oxygens (including phenoxy) is 1. The molecule has 0 aliphatic carbocycles. The predicted octanol–water partition coefficient (Wildman–Crippen LogP) is 7.62. The zero-order valence-electron chi connectivity index (χ0n) is 22.7. The van der Waals surface area contributed by atoms with Crippen molar-refractivity contribution in [1.82, 2.24) is 9.80 Å². The van der Waals surface area contributed by atoms with Gasteiger partial charge in [0.1, 0.15) is 6.23 Å². The smallest absolute Gasteiger partial charge is 0.233 e. The third-order valence-corrected chi connectivity index (χ3v) is 7.27. The molecule has 4 rings (SSSR count). The Morgan fingerprint density at radius 3 is 2.37 bits per heavy atom. The van der Waals surface area contributed by atoms with Crippen molar-refractivity contribution in [2.45, 2.75) is 81.4 Å². The third-order valence-electron chi connectivity index (χ3n) is 7.27. The van der Waals surface area contributed by atoms with Crippen LogP contribution in [-0.4, -0.2) is 47.9 Å². The Labute approximate surface area is 231 Å². The lowest BCUT2D eigenvalue weighted by Gasteiger charge is -2.33. The molecule has 0 bridgehead atoms. The molecule has 2 fully saturated rings. The van der Waals surface area contributed by atoms with Gasteiger partial charge in [0.2, 0.25) is 11.8 Å². The Morgan fingerprint density at radius 1 is 1.00 bits per heavy atom. The number of nitrogens with zero attached hydrogens (tertiary/aromatic N) is 2. The Morgan fingerprint density at radius 2 is 1.68 bits per heavy atom. The maximum atomic E-state index is 13.2. The topological polar surface area (TPSA) is 49.9 Å². The molecule has 38 heavy (non-hydrogen) atoms. The van der Waals surface area contributed by atoms with Gasteiger partial charge in [-0.15, -0.1) is 0 Å². The summed E-state index contributed by atoms with van der Waals surface area (Å²) in [6.45, 7) is 18.0. The minimum absolute atomic E-state index is 0. The van der Waals surface area contributed by atoms with E-state index in [0.29, 0.717) is 32.5 Å². The van der Waals surface area contributed by atoms with Crippen molar-refractivity contribution in [2.75, 3.05) is 26.2 Å². The molecule has 0 saturated carbocycles. The van der Waals surface area contributed by atoms with E-state index in [1.807, 2.05) is 12.1 Å². The predicted molar refractivity (Wildman–Crippen MR) is 159 cm³/mol. The fourth-order valence-electron chi connectivity index (χ4n) is 6.37. The lowest BCUT2D eigenvalue weighted by molar-refractivity contribution is -0.139. The fraction of sp³-hybridized carbons (Fsp3) is 0.576. The van der Waals surface area contributed by atoms with E-state index in [1.165, 1.54) is 15.7 Å². The van der Waals surface area contributed by atoms with Crippen LogP contribution in [0.1, 0.15) is 86.9 Å². The van der Waals surface area contributed by atoms with E-state index in [0.717, 1.165) is 30.5 Å². The Hall–Kier alpha value is -2.50. The zero-order valence-corrected chi connectivity index (χ0v) is 22.7. The molecule has 0 N–H and O–H groups in total. The summed E-state index contributed by atoms with van der Waals surface area (Å²) < 4.78 is 6.05. The van der Waals surface area contributed by atoms with Crippen LogP contribution in [-0.2, 0) is 14.3 Å². The van der Waals surface area contributed by atoms with Gasteiger partial charge in [0.25, 0.3) is 0 Å². The van der Waals surface area contributed by atoms with E-state index in [2.05, 4.69) is 76.4 Å². The molecule has 2 amide bonds. The first-order valence-electron chi connectivity index (χ1n) is 13.3.